The van der Waals surface area contributed by atoms with Gasteiger partial charge in [0, 0.05) is 37.9 Å². The topological polar surface area (TPSA) is 38.5 Å². The Morgan fingerprint density at radius 1 is 1.17 bits per heavy atom. The van der Waals surface area contributed by atoms with Crippen LogP contribution >= 0.6 is 0 Å². The summed E-state index contributed by atoms with van der Waals surface area (Å²) in [7, 11) is 0. The van der Waals surface area contributed by atoms with Crippen molar-refractivity contribution in [3.63, 3.8) is 0 Å². The van der Waals surface area contributed by atoms with Crippen molar-refractivity contribution in [2.24, 2.45) is 11.7 Å². The second kappa shape index (κ2) is 7.46. The van der Waals surface area contributed by atoms with E-state index in [-0.39, 0.29) is 5.54 Å². The van der Waals surface area contributed by atoms with E-state index in [2.05, 4.69) is 32.6 Å². The van der Waals surface area contributed by atoms with Gasteiger partial charge >= 0.3 is 0 Å². The molecule has 0 spiro atoms. The quantitative estimate of drug-likeness (QED) is 0.761. The Morgan fingerprint density at radius 2 is 1.72 bits per heavy atom. The third kappa shape index (κ3) is 4.87. The first-order valence-electron chi connectivity index (χ1n) is 7.61. The number of ether oxygens (including phenoxy) is 1. The predicted octanol–water partition coefficient (Wildman–Crippen LogP) is 2.64. The van der Waals surface area contributed by atoms with Crippen LogP contribution in [-0.4, -0.2) is 42.8 Å². The maximum Gasteiger partial charge on any atom is 0.0484 e. The molecule has 1 fully saturated rings. The number of nitrogens with two attached hydrogens (primary N) is 1. The van der Waals surface area contributed by atoms with Gasteiger partial charge in [-0.15, -0.1) is 0 Å². The highest BCUT2D eigenvalue weighted by Gasteiger charge is 2.32. The molecule has 1 heterocycles. The van der Waals surface area contributed by atoms with Crippen LogP contribution in [-0.2, 0) is 4.74 Å². The highest BCUT2D eigenvalue weighted by molar-refractivity contribution is 4.91. The van der Waals surface area contributed by atoms with Crippen LogP contribution < -0.4 is 5.73 Å². The number of nitrogens with zero attached hydrogens (tertiary/aromatic N) is 1. The lowest BCUT2D eigenvalue weighted by atomic mass is 9.89. The van der Waals surface area contributed by atoms with Gasteiger partial charge in [-0.05, 0) is 31.6 Å². The van der Waals surface area contributed by atoms with Crippen molar-refractivity contribution in [1.29, 1.82) is 0 Å². The second-order valence-electron chi connectivity index (χ2n) is 6.27. The first kappa shape index (κ1) is 15.9. The van der Waals surface area contributed by atoms with Crippen molar-refractivity contribution in [3.8, 4) is 0 Å². The van der Waals surface area contributed by atoms with Gasteiger partial charge in [-0.3, -0.25) is 4.90 Å². The normalized spacial score (nSPS) is 20.0. The molecule has 0 aromatic rings. The summed E-state index contributed by atoms with van der Waals surface area (Å²) in [5.41, 5.74) is 6.53. The van der Waals surface area contributed by atoms with Gasteiger partial charge in [0.15, 0.2) is 0 Å². The SMILES string of the molecule is CCC(CC)N(CC(C)C)CC1(N)CCOCC1. The van der Waals surface area contributed by atoms with Gasteiger partial charge in [-0.1, -0.05) is 27.7 Å². The van der Waals surface area contributed by atoms with Gasteiger partial charge in [-0.2, -0.15) is 0 Å². The molecule has 2 N–H and O–H groups in total. The van der Waals surface area contributed by atoms with E-state index in [1.54, 1.807) is 0 Å². The zero-order valence-corrected chi connectivity index (χ0v) is 12.7. The van der Waals surface area contributed by atoms with Gasteiger partial charge < -0.3 is 10.5 Å². The third-order valence-corrected chi connectivity index (χ3v) is 4.07. The Bertz CT molecular complexity index is 221. The molecule has 1 aliphatic heterocycles. The van der Waals surface area contributed by atoms with E-state index in [4.69, 9.17) is 10.5 Å². The van der Waals surface area contributed by atoms with Crippen molar-refractivity contribution in [2.75, 3.05) is 26.3 Å². The van der Waals surface area contributed by atoms with Crippen LogP contribution in [0.1, 0.15) is 53.4 Å². The second-order valence-corrected chi connectivity index (χ2v) is 6.27. The molecule has 18 heavy (non-hydrogen) atoms. The first-order chi connectivity index (χ1) is 8.50. The average molecular weight is 256 g/mol. The Hall–Kier alpha value is -0.120. The Kier molecular flexibility index (Phi) is 6.61. The summed E-state index contributed by atoms with van der Waals surface area (Å²) >= 11 is 0. The molecule has 108 valence electrons. The van der Waals surface area contributed by atoms with Crippen LogP contribution in [0.25, 0.3) is 0 Å². The minimum absolute atomic E-state index is 0.0320. The standard InChI is InChI=1S/C15H32N2O/c1-5-14(6-2)17(11-13(3)4)12-15(16)7-9-18-10-8-15/h13-14H,5-12,16H2,1-4H3. The van der Waals surface area contributed by atoms with Crippen molar-refractivity contribution in [3.05, 3.63) is 0 Å². The molecule has 0 amide bonds. The molecule has 0 bridgehead atoms. The highest BCUT2D eigenvalue weighted by atomic mass is 16.5. The van der Waals surface area contributed by atoms with E-state index in [9.17, 15) is 0 Å². The fraction of sp³-hybridized carbons (Fsp3) is 1.00. The maximum atomic E-state index is 6.56. The van der Waals surface area contributed by atoms with Crippen molar-refractivity contribution in [2.45, 2.75) is 65.0 Å². The van der Waals surface area contributed by atoms with Crippen molar-refractivity contribution in [1.82, 2.24) is 4.90 Å². The highest BCUT2D eigenvalue weighted by Crippen LogP contribution is 2.22. The van der Waals surface area contributed by atoms with E-state index in [0.717, 1.165) is 39.1 Å². The lowest BCUT2D eigenvalue weighted by Crippen LogP contribution is -2.56. The monoisotopic (exact) mass is 256 g/mol. The summed E-state index contributed by atoms with van der Waals surface area (Å²) in [4.78, 5) is 2.62. The Morgan fingerprint density at radius 3 is 2.17 bits per heavy atom. The predicted molar refractivity (Wildman–Crippen MR) is 77.8 cm³/mol. The molecular formula is C15H32N2O. The molecule has 0 atom stereocenters. The number of hydrogen-bond acceptors (Lipinski definition) is 3. The number of hydrogen-bond donors (Lipinski definition) is 1. The molecule has 1 rings (SSSR count). The summed E-state index contributed by atoms with van der Waals surface area (Å²) < 4.78 is 5.44. The zero-order chi connectivity index (χ0) is 13.6. The molecule has 0 radical (unpaired) electrons. The van der Waals surface area contributed by atoms with Gasteiger partial charge in [0.05, 0.1) is 0 Å². The lowest BCUT2D eigenvalue weighted by molar-refractivity contribution is 0.0266. The van der Waals surface area contributed by atoms with E-state index in [1.807, 2.05) is 0 Å². The number of rotatable bonds is 7. The van der Waals surface area contributed by atoms with Gasteiger partial charge in [0.1, 0.15) is 0 Å². The molecule has 0 aromatic carbocycles. The van der Waals surface area contributed by atoms with Crippen LogP contribution in [0.15, 0.2) is 0 Å². The maximum absolute atomic E-state index is 6.56. The van der Waals surface area contributed by atoms with Crippen LogP contribution in [0.5, 0.6) is 0 Å². The Labute approximate surface area is 113 Å². The van der Waals surface area contributed by atoms with E-state index in [1.165, 1.54) is 12.8 Å². The van der Waals surface area contributed by atoms with E-state index in [0.29, 0.717) is 12.0 Å². The van der Waals surface area contributed by atoms with Gasteiger partial charge in [-0.25, -0.2) is 0 Å². The average Bonchev–Trinajstić information content (AvgIpc) is 2.30. The third-order valence-electron chi connectivity index (χ3n) is 4.07. The summed E-state index contributed by atoms with van der Waals surface area (Å²) in [5, 5.41) is 0. The summed E-state index contributed by atoms with van der Waals surface area (Å²) in [6, 6.07) is 0.677. The molecule has 0 aromatic heterocycles. The van der Waals surface area contributed by atoms with Gasteiger partial charge in [0.2, 0.25) is 0 Å². The van der Waals surface area contributed by atoms with Crippen LogP contribution in [0, 0.1) is 5.92 Å². The molecule has 3 nitrogen and oxygen atoms in total. The van der Waals surface area contributed by atoms with Crippen LogP contribution in [0.3, 0.4) is 0 Å². The molecule has 0 unspecified atom stereocenters. The van der Waals surface area contributed by atoms with Gasteiger partial charge in [0.25, 0.3) is 0 Å². The first-order valence-corrected chi connectivity index (χ1v) is 7.61. The minimum atomic E-state index is -0.0320. The lowest BCUT2D eigenvalue weighted by Gasteiger charge is -2.41. The zero-order valence-electron chi connectivity index (χ0n) is 12.7. The van der Waals surface area contributed by atoms with Crippen LogP contribution in [0.2, 0.25) is 0 Å². The van der Waals surface area contributed by atoms with E-state index >= 15 is 0 Å². The molecule has 0 aliphatic carbocycles. The van der Waals surface area contributed by atoms with Crippen molar-refractivity contribution >= 4 is 0 Å². The largest absolute Gasteiger partial charge is 0.381 e. The van der Waals surface area contributed by atoms with Crippen LogP contribution in [0.4, 0.5) is 0 Å². The molecule has 1 saturated heterocycles. The Balaban J connectivity index is 2.63. The minimum Gasteiger partial charge on any atom is -0.381 e. The van der Waals surface area contributed by atoms with E-state index < -0.39 is 0 Å². The summed E-state index contributed by atoms with van der Waals surface area (Å²) in [6.45, 7) is 13.0. The molecule has 3 heteroatoms. The smallest absolute Gasteiger partial charge is 0.0484 e. The fourth-order valence-electron chi connectivity index (χ4n) is 2.96. The molecule has 1 aliphatic rings. The molecular weight excluding hydrogens is 224 g/mol. The van der Waals surface area contributed by atoms with Crippen molar-refractivity contribution < 1.29 is 4.74 Å². The summed E-state index contributed by atoms with van der Waals surface area (Å²) in [5.74, 6) is 0.703. The summed E-state index contributed by atoms with van der Waals surface area (Å²) in [6.07, 6.45) is 4.44. The molecule has 0 saturated carbocycles. The fourth-order valence-corrected chi connectivity index (χ4v) is 2.96.